The van der Waals surface area contributed by atoms with Crippen molar-refractivity contribution in [2.24, 2.45) is 12.5 Å². The minimum Gasteiger partial charge on any atom is -0.480 e. The van der Waals surface area contributed by atoms with Crippen molar-refractivity contribution < 1.29 is 14.7 Å². The van der Waals surface area contributed by atoms with E-state index in [0.29, 0.717) is 12.8 Å². The van der Waals surface area contributed by atoms with Crippen molar-refractivity contribution in [3.8, 4) is 0 Å². The van der Waals surface area contributed by atoms with Gasteiger partial charge < -0.3 is 5.11 Å². The van der Waals surface area contributed by atoms with E-state index in [9.17, 15) is 9.59 Å². The quantitative estimate of drug-likeness (QED) is 0.665. The molecule has 1 saturated carbocycles. The number of nitrogens with one attached hydrogen (secondary N) is 1. The molecule has 0 aliphatic heterocycles. The van der Waals surface area contributed by atoms with Gasteiger partial charge in [-0.05, 0) is 18.1 Å². The van der Waals surface area contributed by atoms with Crippen LogP contribution in [0.4, 0.5) is 5.95 Å². The van der Waals surface area contributed by atoms with Crippen LogP contribution in [-0.2, 0) is 16.6 Å². The third-order valence-corrected chi connectivity index (χ3v) is 2.78. The molecule has 0 atom stereocenters. The Bertz CT molecular complexity index is 437. The van der Waals surface area contributed by atoms with Gasteiger partial charge in [-0.3, -0.25) is 14.9 Å². The smallest absolute Gasteiger partial charge is 0.319 e. The molecule has 1 amide bonds. The maximum absolute atomic E-state index is 11.8. The van der Waals surface area contributed by atoms with E-state index in [1.165, 1.54) is 4.80 Å². The number of aryl methyl sites for hydroxylation is 1. The molecular formula is C8H11N5O3. The van der Waals surface area contributed by atoms with Crippen LogP contribution in [0.3, 0.4) is 0 Å². The zero-order valence-corrected chi connectivity index (χ0v) is 8.67. The average molecular weight is 225 g/mol. The van der Waals surface area contributed by atoms with Gasteiger partial charge in [0.2, 0.25) is 5.91 Å². The van der Waals surface area contributed by atoms with Crippen molar-refractivity contribution >= 4 is 17.8 Å². The van der Waals surface area contributed by atoms with E-state index in [1.807, 2.05) is 0 Å². The number of anilines is 1. The molecule has 1 fully saturated rings. The molecule has 0 radical (unpaired) electrons. The average Bonchev–Trinajstić information content (AvgIpc) is 2.47. The Morgan fingerprint density at radius 2 is 2.19 bits per heavy atom. The van der Waals surface area contributed by atoms with Gasteiger partial charge in [0.1, 0.15) is 5.41 Å². The Balaban J connectivity index is 2.10. The molecule has 0 unspecified atom stereocenters. The first-order valence-electron chi connectivity index (χ1n) is 4.83. The molecule has 86 valence electrons. The molecule has 1 aliphatic carbocycles. The summed E-state index contributed by atoms with van der Waals surface area (Å²) in [6, 6.07) is 0. The topological polar surface area (TPSA) is 110 Å². The van der Waals surface area contributed by atoms with Crippen molar-refractivity contribution in [2.45, 2.75) is 19.3 Å². The summed E-state index contributed by atoms with van der Waals surface area (Å²) in [5.74, 6) is -1.64. The van der Waals surface area contributed by atoms with Crippen molar-refractivity contribution in [3.63, 3.8) is 0 Å². The number of carboxylic acids is 1. The van der Waals surface area contributed by atoms with Gasteiger partial charge in [-0.2, -0.15) is 4.80 Å². The zero-order chi connectivity index (χ0) is 11.8. The van der Waals surface area contributed by atoms with Crippen LogP contribution in [0, 0.1) is 5.41 Å². The van der Waals surface area contributed by atoms with E-state index < -0.39 is 17.3 Å². The lowest BCUT2D eigenvalue weighted by atomic mass is 9.68. The van der Waals surface area contributed by atoms with Gasteiger partial charge in [-0.1, -0.05) is 11.5 Å². The molecule has 1 aromatic heterocycles. The highest BCUT2D eigenvalue weighted by Gasteiger charge is 2.51. The highest BCUT2D eigenvalue weighted by Crippen LogP contribution is 2.41. The van der Waals surface area contributed by atoms with E-state index in [1.54, 1.807) is 7.05 Å². The van der Waals surface area contributed by atoms with E-state index in [4.69, 9.17) is 5.11 Å². The van der Waals surface area contributed by atoms with Crippen LogP contribution < -0.4 is 5.32 Å². The monoisotopic (exact) mass is 225 g/mol. The zero-order valence-electron chi connectivity index (χ0n) is 8.67. The summed E-state index contributed by atoms with van der Waals surface area (Å²) in [4.78, 5) is 24.0. The molecule has 8 heteroatoms. The number of amides is 1. The number of tetrazole rings is 1. The SMILES string of the molecule is Cn1nnc(NC(=O)C2(C(=O)O)CCC2)n1. The minimum absolute atomic E-state index is 0.0278. The van der Waals surface area contributed by atoms with Crippen molar-refractivity contribution in [3.05, 3.63) is 0 Å². The molecule has 0 saturated heterocycles. The van der Waals surface area contributed by atoms with Crippen molar-refractivity contribution in [1.82, 2.24) is 20.2 Å². The second kappa shape index (κ2) is 3.54. The normalized spacial score (nSPS) is 17.6. The Morgan fingerprint density at radius 1 is 1.50 bits per heavy atom. The summed E-state index contributed by atoms with van der Waals surface area (Å²) in [7, 11) is 1.55. The summed E-state index contributed by atoms with van der Waals surface area (Å²) >= 11 is 0. The molecular weight excluding hydrogens is 214 g/mol. The van der Waals surface area contributed by atoms with Crippen molar-refractivity contribution in [2.75, 3.05) is 5.32 Å². The minimum atomic E-state index is -1.31. The first-order valence-corrected chi connectivity index (χ1v) is 4.83. The van der Waals surface area contributed by atoms with Gasteiger partial charge in [0.25, 0.3) is 5.95 Å². The van der Waals surface area contributed by atoms with Gasteiger partial charge in [0.15, 0.2) is 0 Å². The molecule has 1 heterocycles. The number of aliphatic carboxylic acids is 1. The summed E-state index contributed by atoms with van der Waals surface area (Å²) in [5.41, 5.74) is -1.31. The highest BCUT2D eigenvalue weighted by atomic mass is 16.4. The van der Waals surface area contributed by atoms with E-state index in [0.717, 1.165) is 6.42 Å². The van der Waals surface area contributed by atoms with Gasteiger partial charge in [0.05, 0.1) is 7.05 Å². The van der Waals surface area contributed by atoms with Gasteiger partial charge >= 0.3 is 5.97 Å². The molecule has 1 aromatic rings. The number of hydrogen-bond donors (Lipinski definition) is 2. The molecule has 1 aliphatic rings. The number of hydrogen-bond acceptors (Lipinski definition) is 5. The van der Waals surface area contributed by atoms with E-state index in [2.05, 4.69) is 20.7 Å². The third kappa shape index (κ3) is 1.51. The van der Waals surface area contributed by atoms with Crippen LogP contribution >= 0.6 is 0 Å². The van der Waals surface area contributed by atoms with Gasteiger partial charge in [-0.15, -0.1) is 5.10 Å². The highest BCUT2D eigenvalue weighted by molar-refractivity contribution is 6.08. The van der Waals surface area contributed by atoms with Crippen LogP contribution in [-0.4, -0.2) is 37.2 Å². The van der Waals surface area contributed by atoms with E-state index >= 15 is 0 Å². The maximum atomic E-state index is 11.8. The molecule has 0 bridgehead atoms. The van der Waals surface area contributed by atoms with Crippen molar-refractivity contribution in [1.29, 1.82) is 0 Å². The summed E-state index contributed by atoms with van der Waals surface area (Å²) in [5, 5.41) is 22.2. The Labute approximate surface area is 90.6 Å². The largest absolute Gasteiger partial charge is 0.480 e. The fourth-order valence-corrected chi connectivity index (χ4v) is 1.62. The second-order valence-electron chi connectivity index (χ2n) is 3.80. The molecule has 0 aromatic carbocycles. The molecule has 2 N–H and O–H groups in total. The molecule has 8 nitrogen and oxygen atoms in total. The summed E-state index contributed by atoms with van der Waals surface area (Å²) in [6.45, 7) is 0. The first kappa shape index (κ1) is 10.5. The van der Waals surface area contributed by atoms with Crippen LogP contribution in [0.25, 0.3) is 0 Å². The second-order valence-corrected chi connectivity index (χ2v) is 3.80. The lowest BCUT2D eigenvalue weighted by Crippen LogP contribution is -2.48. The Hall–Kier alpha value is -1.99. The van der Waals surface area contributed by atoms with Gasteiger partial charge in [-0.25, -0.2) is 0 Å². The standard InChI is InChI=1S/C8H11N5O3/c1-13-11-7(10-12-13)9-5(14)8(6(15)16)3-2-4-8/h2-4H2,1H3,(H,15,16)(H,9,11,14). The maximum Gasteiger partial charge on any atom is 0.319 e. The number of nitrogens with zero attached hydrogens (tertiary/aromatic N) is 4. The lowest BCUT2D eigenvalue weighted by molar-refractivity contribution is -0.159. The number of aromatic nitrogens is 4. The predicted octanol–water partition coefficient (Wildman–Crippen LogP) is -0.597. The summed E-state index contributed by atoms with van der Waals surface area (Å²) < 4.78 is 0. The third-order valence-electron chi connectivity index (χ3n) is 2.78. The number of carbonyl (C=O) groups is 2. The fraction of sp³-hybridized carbons (Fsp3) is 0.625. The Morgan fingerprint density at radius 3 is 2.56 bits per heavy atom. The first-order chi connectivity index (χ1) is 7.54. The van der Waals surface area contributed by atoms with Crippen LogP contribution in [0.1, 0.15) is 19.3 Å². The lowest BCUT2D eigenvalue weighted by Gasteiger charge is -2.35. The predicted molar refractivity (Wildman–Crippen MR) is 51.3 cm³/mol. The van der Waals surface area contributed by atoms with Crippen LogP contribution in [0.2, 0.25) is 0 Å². The van der Waals surface area contributed by atoms with E-state index in [-0.39, 0.29) is 5.95 Å². The number of carboxylic acid groups (broad SMARTS) is 1. The molecule has 0 spiro atoms. The molecule has 16 heavy (non-hydrogen) atoms. The Kier molecular flexibility index (Phi) is 2.33. The number of carbonyl (C=O) groups excluding carboxylic acids is 1. The fourth-order valence-electron chi connectivity index (χ4n) is 1.62. The molecule has 2 rings (SSSR count). The number of rotatable bonds is 3. The van der Waals surface area contributed by atoms with Gasteiger partial charge in [0, 0.05) is 0 Å². The van der Waals surface area contributed by atoms with Crippen LogP contribution in [0.15, 0.2) is 0 Å². The van der Waals surface area contributed by atoms with Crippen LogP contribution in [0.5, 0.6) is 0 Å². The summed E-state index contributed by atoms with van der Waals surface area (Å²) in [6.07, 6.45) is 1.45.